The highest BCUT2D eigenvalue weighted by Crippen LogP contribution is 2.27. The number of hydrogen-bond donors (Lipinski definition) is 2. The van der Waals surface area contributed by atoms with Gasteiger partial charge < -0.3 is 19.9 Å². The molecule has 1 fully saturated rings. The van der Waals surface area contributed by atoms with Gasteiger partial charge in [0.15, 0.2) is 0 Å². The number of aliphatic hydroxyl groups is 1. The minimum absolute atomic E-state index is 0.0560. The van der Waals surface area contributed by atoms with Crippen LogP contribution in [0, 0.1) is 10.1 Å². The highest BCUT2D eigenvalue weighted by atomic mass is 16.6. The largest absolute Gasteiger partial charge is 0.395 e. The van der Waals surface area contributed by atoms with E-state index in [0.717, 1.165) is 19.3 Å². The van der Waals surface area contributed by atoms with Crippen molar-refractivity contribution in [2.75, 3.05) is 26.2 Å². The Kier molecular flexibility index (Phi) is 6.05. The predicted molar refractivity (Wildman–Crippen MR) is 102 cm³/mol. The van der Waals surface area contributed by atoms with E-state index >= 15 is 0 Å². The summed E-state index contributed by atoms with van der Waals surface area (Å²) in [5, 5.41) is 22.9. The smallest absolute Gasteiger partial charge is 0.294 e. The second-order valence-electron chi connectivity index (χ2n) is 6.56. The number of piperidine rings is 1. The first-order chi connectivity index (χ1) is 13.5. The molecule has 0 unspecified atom stereocenters. The first kappa shape index (κ1) is 19.6. The number of nitro groups is 1. The Balaban J connectivity index is 1.95. The van der Waals surface area contributed by atoms with Crippen molar-refractivity contribution >= 4 is 17.5 Å². The SMILES string of the molecule is O=C(NCCO)c1ccc(-n2cccc2C(=O)N2CCCCC2)c([N+](=O)[O-])c1. The van der Waals surface area contributed by atoms with Crippen LogP contribution in [0.4, 0.5) is 5.69 Å². The molecule has 3 rings (SSSR count). The van der Waals surface area contributed by atoms with Crippen molar-refractivity contribution < 1.29 is 19.6 Å². The average molecular weight is 386 g/mol. The Morgan fingerprint density at radius 3 is 2.61 bits per heavy atom. The molecular weight excluding hydrogens is 364 g/mol. The molecule has 0 bridgehead atoms. The third-order valence-corrected chi connectivity index (χ3v) is 4.70. The van der Waals surface area contributed by atoms with Gasteiger partial charge in [-0.1, -0.05) is 0 Å². The maximum Gasteiger partial charge on any atom is 0.294 e. The van der Waals surface area contributed by atoms with Crippen LogP contribution >= 0.6 is 0 Å². The van der Waals surface area contributed by atoms with Crippen LogP contribution in [-0.4, -0.2) is 57.6 Å². The molecule has 2 amide bonds. The minimum atomic E-state index is -0.576. The first-order valence-corrected chi connectivity index (χ1v) is 9.17. The zero-order valence-corrected chi connectivity index (χ0v) is 15.3. The lowest BCUT2D eigenvalue weighted by Gasteiger charge is -2.27. The number of amides is 2. The molecule has 2 aromatic rings. The van der Waals surface area contributed by atoms with Gasteiger partial charge in [0.05, 0.1) is 11.5 Å². The molecule has 2 heterocycles. The summed E-state index contributed by atoms with van der Waals surface area (Å²) in [6.45, 7) is 1.18. The monoisotopic (exact) mass is 386 g/mol. The van der Waals surface area contributed by atoms with Crippen LogP contribution in [0.25, 0.3) is 5.69 Å². The fourth-order valence-electron chi connectivity index (χ4n) is 3.31. The van der Waals surface area contributed by atoms with E-state index in [1.165, 1.54) is 22.8 Å². The minimum Gasteiger partial charge on any atom is -0.395 e. The third kappa shape index (κ3) is 4.04. The van der Waals surface area contributed by atoms with Gasteiger partial charge in [0.2, 0.25) is 0 Å². The number of nitro benzene ring substituents is 1. The Bertz CT molecular complexity index is 886. The maximum absolute atomic E-state index is 12.9. The van der Waals surface area contributed by atoms with Crippen molar-refractivity contribution in [1.29, 1.82) is 0 Å². The van der Waals surface area contributed by atoms with Crippen LogP contribution in [0.5, 0.6) is 0 Å². The van der Waals surface area contributed by atoms with E-state index < -0.39 is 10.8 Å². The molecule has 148 valence electrons. The van der Waals surface area contributed by atoms with Crippen molar-refractivity contribution in [3.63, 3.8) is 0 Å². The molecular formula is C19H22N4O5. The maximum atomic E-state index is 12.9. The summed E-state index contributed by atoms with van der Waals surface area (Å²) in [7, 11) is 0. The van der Waals surface area contributed by atoms with Gasteiger partial charge in [-0.3, -0.25) is 19.7 Å². The Morgan fingerprint density at radius 1 is 1.18 bits per heavy atom. The molecule has 1 saturated heterocycles. The Hall–Kier alpha value is -3.20. The van der Waals surface area contributed by atoms with Crippen LogP contribution < -0.4 is 5.32 Å². The summed E-state index contributed by atoms with van der Waals surface area (Å²) < 4.78 is 1.49. The number of nitrogens with zero attached hydrogens (tertiary/aromatic N) is 3. The van der Waals surface area contributed by atoms with Crippen molar-refractivity contribution in [2.24, 2.45) is 0 Å². The van der Waals surface area contributed by atoms with Gasteiger partial charge in [-0.15, -0.1) is 0 Å². The number of aliphatic hydroxyl groups excluding tert-OH is 1. The van der Waals surface area contributed by atoms with E-state index in [-0.39, 0.29) is 36.0 Å². The van der Waals surface area contributed by atoms with Gasteiger partial charge in [0.1, 0.15) is 11.4 Å². The van der Waals surface area contributed by atoms with E-state index in [4.69, 9.17) is 5.11 Å². The summed E-state index contributed by atoms with van der Waals surface area (Å²) >= 11 is 0. The molecule has 1 aromatic carbocycles. The van der Waals surface area contributed by atoms with Crippen molar-refractivity contribution in [3.05, 3.63) is 57.9 Å². The molecule has 2 N–H and O–H groups in total. The molecule has 1 aliphatic heterocycles. The number of nitrogens with one attached hydrogen (secondary N) is 1. The van der Waals surface area contributed by atoms with Crippen LogP contribution in [-0.2, 0) is 0 Å². The molecule has 0 atom stereocenters. The summed E-state index contributed by atoms with van der Waals surface area (Å²) in [4.78, 5) is 37.7. The number of likely N-dealkylation sites (tertiary alicyclic amines) is 1. The lowest BCUT2D eigenvalue weighted by molar-refractivity contribution is -0.384. The third-order valence-electron chi connectivity index (χ3n) is 4.70. The van der Waals surface area contributed by atoms with E-state index in [9.17, 15) is 19.7 Å². The summed E-state index contributed by atoms with van der Waals surface area (Å²) in [5.41, 5.74) is 0.400. The summed E-state index contributed by atoms with van der Waals surface area (Å²) in [5.74, 6) is -0.676. The van der Waals surface area contributed by atoms with Gasteiger partial charge in [0, 0.05) is 37.5 Å². The second kappa shape index (κ2) is 8.66. The predicted octanol–water partition coefficient (Wildman–Crippen LogP) is 1.73. The number of benzene rings is 1. The van der Waals surface area contributed by atoms with Gasteiger partial charge in [-0.2, -0.15) is 0 Å². The molecule has 1 aliphatic rings. The number of hydrogen-bond acceptors (Lipinski definition) is 5. The number of carbonyl (C=O) groups excluding carboxylic acids is 2. The Labute approximate surface area is 161 Å². The molecule has 0 aliphatic carbocycles. The average Bonchev–Trinajstić information content (AvgIpc) is 3.21. The lowest BCUT2D eigenvalue weighted by atomic mass is 10.1. The van der Waals surface area contributed by atoms with Crippen molar-refractivity contribution in [3.8, 4) is 5.69 Å². The molecule has 9 heteroatoms. The second-order valence-corrected chi connectivity index (χ2v) is 6.56. The van der Waals surface area contributed by atoms with Gasteiger partial charge in [-0.25, -0.2) is 0 Å². The van der Waals surface area contributed by atoms with Crippen LogP contribution in [0.2, 0.25) is 0 Å². The fourth-order valence-corrected chi connectivity index (χ4v) is 3.31. The van der Waals surface area contributed by atoms with Crippen molar-refractivity contribution in [1.82, 2.24) is 14.8 Å². The number of rotatable bonds is 6. The van der Waals surface area contributed by atoms with E-state index in [0.29, 0.717) is 18.8 Å². The fraction of sp³-hybridized carbons (Fsp3) is 0.368. The van der Waals surface area contributed by atoms with Crippen LogP contribution in [0.15, 0.2) is 36.5 Å². The summed E-state index contributed by atoms with van der Waals surface area (Å²) in [6, 6.07) is 7.41. The van der Waals surface area contributed by atoms with Gasteiger partial charge in [0.25, 0.3) is 17.5 Å². The van der Waals surface area contributed by atoms with Crippen LogP contribution in [0.1, 0.15) is 40.1 Å². The molecule has 1 aromatic heterocycles. The lowest BCUT2D eigenvalue weighted by Crippen LogP contribution is -2.36. The molecule has 0 saturated carbocycles. The zero-order valence-electron chi connectivity index (χ0n) is 15.3. The normalized spacial score (nSPS) is 14.0. The van der Waals surface area contributed by atoms with Crippen molar-refractivity contribution in [2.45, 2.75) is 19.3 Å². The topological polar surface area (TPSA) is 118 Å². The van der Waals surface area contributed by atoms with Crippen LogP contribution in [0.3, 0.4) is 0 Å². The summed E-state index contributed by atoms with van der Waals surface area (Å²) in [6.07, 6.45) is 4.59. The highest BCUT2D eigenvalue weighted by Gasteiger charge is 2.25. The van der Waals surface area contributed by atoms with E-state index in [2.05, 4.69) is 5.32 Å². The number of aromatic nitrogens is 1. The van der Waals surface area contributed by atoms with E-state index in [1.807, 2.05) is 0 Å². The standard InChI is InChI=1S/C19H22N4O5/c24-12-8-20-18(25)14-6-7-15(17(13-14)23(27)28)22-11-4-5-16(22)19(26)21-9-2-1-3-10-21/h4-7,11,13,24H,1-3,8-10,12H2,(H,20,25). The molecule has 0 spiro atoms. The first-order valence-electron chi connectivity index (χ1n) is 9.17. The van der Waals surface area contributed by atoms with Gasteiger partial charge in [-0.05, 0) is 43.5 Å². The quantitative estimate of drug-likeness (QED) is 0.579. The number of carbonyl (C=O) groups is 2. The molecule has 9 nitrogen and oxygen atoms in total. The molecule has 28 heavy (non-hydrogen) atoms. The van der Waals surface area contributed by atoms with E-state index in [1.54, 1.807) is 23.2 Å². The zero-order chi connectivity index (χ0) is 20.1. The van der Waals surface area contributed by atoms with Gasteiger partial charge >= 0.3 is 0 Å². The molecule has 0 radical (unpaired) electrons. The highest BCUT2D eigenvalue weighted by molar-refractivity contribution is 5.96. The Morgan fingerprint density at radius 2 is 1.93 bits per heavy atom.